The van der Waals surface area contributed by atoms with Crippen LogP contribution in [0.15, 0.2) is 18.2 Å². The van der Waals surface area contributed by atoms with Crippen molar-refractivity contribution in [2.45, 2.75) is 11.8 Å². The lowest BCUT2D eigenvalue weighted by Gasteiger charge is -2.29. The van der Waals surface area contributed by atoms with Gasteiger partial charge in [-0.1, -0.05) is 6.07 Å². The Morgan fingerprint density at radius 1 is 1.12 bits per heavy atom. The maximum absolute atomic E-state index is 13.1. The molecule has 0 aromatic heterocycles. The molecule has 0 saturated carbocycles. The first-order valence-electron chi connectivity index (χ1n) is 4.17. The van der Waals surface area contributed by atoms with E-state index in [1.807, 2.05) is 0 Å². The maximum atomic E-state index is 13.1. The Bertz CT molecular complexity index is 372. The van der Waals surface area contributed by atoms with Crippen LogP contribution in [-0.2, 0) is 5.60 Å². The van der Waals surface area contributed by atoms with Crippen molar-refractivity contribution in [3.63, 3.8) is 0 Å². The van der Waals surface area contributed by atoms with E-state index >= 15 is 0 Å². The van der Waals surface area contributed by atoms with Crippen molar-refractivity contribution < 1.29 is 27.1 Å². The molecule has 0 aliphatic rings. The molecule has 0 aliphatic carbocycles. The quantitative estimate of drug-likeness (QED) is 0.774. The van der Waals surface area contributed by atoms with Crippen molar-refractivity contribution in [3.05, 3.63) is 35.4 Å². The maximum Gasteiger partial charge on any atom is 0.422 e. The van der Waals surface area contributed by atoms with Gasteiger partial charge < -0.3 is 10.8 Å². The van der Waals surface area contributed by atoms with E-state index in [0.29, 0.717) is 12.1 Å². The topological polar surface area (TPSA) is 46.2 Å². The molecule has 2 nitrogen and oxygen atoms in total. The normalized spacial score (nSPS) is 15.9. The molecule has 0 fully saturated rings. The molecular weight excluding hydrogens is 233 g/mol. The van der Waals surface area contributed by atoms with Crippen LogP contribution < -0.4 is 5.73 Å². The Balaban J connectivity index is 3.46. The lowest BCUT2D eigenvalue weighted by atomic mass is 9.92. The van der Waals surface area contributed by atoms with Crippen LogP contribution in [-0.4, -0.2) is 17.8 Å². The summed E-state index contributed by atoms with van der Waals surface area (Å²) in [5, 5.41) is 9.26. The molecule has 1 unspecified atom stereocenters. The van der Waals surface area contributed by atoms with Gasteiger partial charge in [-0.05, 0) is 12.1 Å². The monoisotopic (exact) mass is 241 g/mol. The van der Waals surface area contributed by atoms with E-state index in [2.05, 4.69) is 0 Å². The summed E-state index contributed by atoms with van der Waals surface area (Å²) >= 11 is 0. The van der Waals surface area contributed by atoms with E-state index < -0.39 is 35.5 Å². The SMILES string of the molecule is NCC(O)(c1c(F)cccc1F)C(F)(F)F. The van der Waals surface area contributed by atoms with Crippen LogP contribution in [0, 0.1) is 11.6 Å². The summed E-state index contributed by atoms with van der Waals surface area (Å²) in [7, 11) is 0. The fourth-order valence-electron chi connectivity index (χ4n) is 1.25. The van der Waals surface area contributed by atoms with Gasteiger partial charge in [-0.25, -0.2) is 8.78 Å². The first-order chi connectivity index (χ1) is 7.24. The Labute approximate surface area is 87.5 Å². The Hall–Kier alpha value is -1.21. The summed E-state index contributed by atoms with van der Waals surface area (Å²) in [6.07, 6.45) is -5.26. The van der Waals surface area contributed by atoms with Crippen molar-refractivity contribution in [3.8, 4) is 0 Å². The van der Waals surface area contributed by atoms with E-state index in [1.54, 1.807) is 0 Å². The number of nitrogens with two attached hydrogens (primary N) is 1. The number of hydrogen-bond donors (Lipinski definition) is 2. The molecule has 0 aliphatic heterocycles. The van der Waals surface area contributed by atoms with Crippen LogP contribution in [0.3, 0.4) is 0 Å². The third-order valence-electron chi connectivity index (χ3n) is 2.14. The second-order valence-corrected chi connectivity index (χ2v) is 3.16. The molecule has 90 valence electrons. The van der Waals surface area contributed by atoms with Gasteiger partial charge in [0.1, 0.15) is 11.6 Å². The highest BCUT2D eigenvalue weighted by atomic mass is 19.4. The summed E-state index contributed by atoms with van der Waals surface area (Å²) in [6, 6.07) is 2.12. The highest BCUT2D eigenvalue weighted by molar-refractivity contribution is 5.28. The fraction of sp³-hybridized carbons (Fsp3) is 0.333. The number of alkyl halides is 3. The van der Waals surface area contributed by atoms with Crippen molar-refractivity contribution >= 4 is 0 Å². The predicted octanol–water partition coefficient (Wildman–Crippen LogP) is 1.67. The first kappa shape index (κ1) is 12.9. The average Bonchev–Trinajstić information content (AvgIpc) is 2.15. The van der Waals surface area contributed by atoms with Gasteiger partial charge in [-0.15, -0.1) is 0 Å². The molecule has 0 spiro atoms. The van der Waals surface area contributed by atoms with Crippen molar-refractivity contribution in [2.24, 2.45) is 5.73 Å². The van der Waals surface area contributed by atoms with Gasteiger partial charge in [0.05, 0.1) is 5.56 Å². The molecule has 7 heteroatoms. The molecule has 0 saturated heterocycles. The van der Waals surface area contributed by atoms with Crippen LogP contribution in [0.5, 0.6) is 0 Å². The molecule has 16 heavy (non-hydrogen) atoms. The zero-order chi connectivity index (χ0) is 12.6. The molecule has 1 rings (SSSR count). The Morgan fingerprint density at radius 2 is 1.56 bits per heavy atom. The van der Waals surface area contributed by atoms with Crippen LogP contribution in [0.2, 0.25) is 0 Å². The molecular formula is C9H8F5NO. The van der Waals surface area contributed by atoms with Gasteiger partial charge in [-0.2, -0.15) is 13.2 Å². The highest BCUT2D eigenvalue weighted by Gasteiger charge is 2.56. The Kier molecular flexibility index (Phi) is 3.20. The molecule has 1 atom stereocenters. The van der Waals surface area contributed by atoms with Gasteiger partial charge in [0, 0.05) is 6.54 Å². The third-order valence-corrected chi connectivity index (χ3v) is 2.14. The van der Waals surface area contributed by atoms with Gasteiger partial charge in [0.15, 0.2) is 0 Å². The van der Waals surface area contributed by atoms with E-state index in [-0.39, 0.29) is 0 Å². The lowest BCUT2D eigenvalue weighted by Crippen LogP contribution is -2.49. The largest absolute Gasteiger partial charge is 0.422 e. The van der Waals surface area contributed by atoms with Crippen LogP contribution >= 0.6 is 0 Å². The third kappa shape index (κ3) is 1.88. The van der Waals surface area contributed by atoms with Crippen molar-refractivity contribution in [1.82, 2.24) is 0 Å². The minimum absolute atomic E-state index is 0.616. The smallest absolute Gasteiger partial charge is 0.375 e. The van der Waals surface area contributed by atoms with E-state index in [0.717, 1.165) is 6.07 Å². The standard InChI is InChI=1S/C9H8F5NO/c10-5-2-1-3-6(11)7(5)8(16,4-15)9(12,13)14/h1-3,16H,4,15H2. The number of benzene rings is 1. The molecule has 0 bridgehead atoms. The zero-order valence-corrected chi connectivity index (χ0v) is 7.85. The molecule has 0 radical (unpaired) electrons. The minimum atomic E-state index is -5.26. The molecule has 1 aromatic carbocycles. The van der Waals surface area contributed by atoms with Gasteiger partial charge in [0.25, 0.3) is 0 Å². The summed E-state index contributed by atoms with van der Waals surface area (Å²) in [5.41, 5.74) is -0.442. The van der Waals surface area contributed by atoms with E-state index in [1.165, 1.54) is 0 Å². The van der Waals surface area contributed by atoms with Crippen LogP contribution in [0.1, 0.15) is 5.56 Å². The number of rotatable bonds is 2. The average molecular weight is 241 g/mol. The lowest BCUT2D eigenvalue weighted by molar-refractivity contribution is -0.264. The molecule has 0 heterocycles. The highest BCUT2D eigenvalue weighted by Crippen LogP contribution is 2.40. The minimum Gasteiger partial charge on any atom is -0.375 e. The van der Waals surface area contributed by atoms with Gasteiger partial charge in [0.2, 0.25) is 5.60 Å². The van der Waals surface area contributed by atoms with Crippen molar-refractivity contribution in [1.29, 1.82) is 0 Å². The Morgan fingerprint density at radius 3 is 1.88 bits per heavy atom. The summed E-state index contributed by atoms with van der Waals surface area (Å²) in [5.74, 6) is -2.99. The second kappa shape index (κ2) is 3.99. The first-order valence-corrected chi connectivity index (χ1v) is 4.17. The predicted molar refractivity (Wildman–Crippen MR) is 45.4 cm³/mol. The fourth-order valence-corrected chi connectivity index (χ4v) is 1.25. The number of hydrogen-bond acceptors (Lipinski definition) is 2. The van der Waals surface area contributed by atoms with E-state index in [9.17, 15) is 27.1 Å². The van der Waals surface area contributed by atoms with Crippen LogP contribution in [0.25, 0.3) is 0 Å². The van der Waals surface area contributed by atoms with E-state index in [4.69, 9.17) is 5.73 Å². The second-order valence-electron chi connectivity index (χ2n) is 3.16. The van der Waals surface area contributed by atoms with Gasteiger partial charge in [-0.3, -0.25) is 0 Å². The molecule has 1 aromatic rings. The summed E-state index contributed by atoms with van der Waals surface area (Å²) in [6.45, 7) is -1.37. The number of halogens is 5. The molecule has 0 amide bonds. The summed E-state index contributed by atoms with van der Waals surface area (Å²) in [4.78, 5) is 0. The van der Waals surface area contributed by atoms with Gasteiger partial charge >= 0.3 is 6.18 Å². The summed E-state index contributed by atoms with van der Waals surface area (Å²) < 4.78 is 63.7. The van der Waals surface area contributed by atoms with Crippen molar-refractivity contribution in [2.75, 3.05) is 6.54 Å². The number of aliphatic hydroxyl groups is 1. The zero-order valence-electron chi connectivity index (χ0n) is 7.85. The van der Waals surface area contributed by atoms with Crippen LogP contribution in [0.4, 0.5) is 22.0 Å². The molecule has 3 N–H and O–H groups in total.